The smallest absolute Gasteiger partial charge is 0.172 e. The summed E-state index contributed by atoms with van der Waals surface area (Å²) in [5.74, 6) is 0.826. The Morgan fingerprint density at radius 2 is 2.17 bits per heavy atom. The molecule has 0 amide bonds. The summed E-state index contributed by atoms with van der Waals surface area (Å²) in [5.41, 5.74) is 0.688. The Kier molecular flexibility index (Phi) is 4.37. The molecule has 2 rings (SSSR count). The third kappa shape index (κ3) is 2.56. The lowest BCUT2D eigenvalue weighted by molar-refractivity contribution is 0.0686. The van der Waals surface area contributed by atoms with Crippen LogP contribution in [-0.4, -0.2) is 25.1 Å². The molecule has 0 saturated carbocycles. The first-order valence-corrected chi connectivity index (χ1v) is 6.65. The van der Waals surface area contributed by atoms with Crippen LogP contribution in [-0.2, 0) is 4.74 Å². The number of hydrogen-bond donors (Lipinski definition) is 0. The number of rotatable bonds is 5. The lowest BCUT2D eigenvalue weighted by Gasteiger charge is -2.17. The average molecular weight is 248 g/mol. The molecule has 18 heavy (non-hydrogen) atoms. The molecule has 0 N–H and O–H groups in total. The van der Waals surface area contributed by atoms with Crippen LogP contribution in [0.15, 0.2) is 24.3 Å². The fourth-order valence-corrected chi connectivity index (χ4v) is 2.50. The molecule has 0 bridgehead atoms. The maximum atomic E-state index is 12.6. The Hall–Kier alpha value is -1.35. The minimum Gasteiger partial charge on any atom is -0.493 e. The molecule has 1 aromatic rings. The van der Waals surface area contributed by atoms with Crippen LogP contribution >= 0.6 is 0 Å². The second-order valence-corrected chi connectivity index (χ2v) is 4.51. The van der Waals surface area contributed by atoms with Gasteiger partial charge >= 0.3 is 0 Å². The van der Waals surface area contributed by atoms with E-state index in [1.54, 1.807) is 0 Å². The average Bonchev–Trinajstić information content (AvgIpc) is 2.87. The Labute approximate surface area is 108 Å². The van der Waals surface area contributed by atoms with E-state index in [1.807, 2.05) is 31.2 Å². The van der Waals surface area contributed by atoms with E-state index in [2.05, 4.69) is 6.92 Å². The lowest BCUT2D eigenvalue weighted by Crippen LogP contribution is -2.24. The fourth-order valence-electron chi connectivity index (χ4n) is 2.50. The highest BCUT2D eigenvalue weighted by Crippen LogP contribution is 2.30. The summed E-state index contributed by atoms with van der Waals surface area (Å²) in [7, 11) is 0. The van der Waals surface area contributed by atoms with Gasteiger partial charge in [-0.2, -0.15) is 0 Å². The molecule has 1 aliphatic heterocycles. The number of Topliss-reactive ketones (excluding diaryl/α,β-unsaturated/α-hetero) is 1. The minimum absolute atomic E-state index is 0.0170. The summed E-state index contributed by atoms with van der Waals surface area (Å²) in [6, 6.07) is 7.47. The van der Waals surface area contributed by atoms with E-state index in [4.69, 9.17) is 9.47 Å². The summed E-state index contributed by atoms with van der Waals surface area (Å²) >= 11 is 0. The van der Waals surface area contributed by atoms with Gasteiger partial charge in [-0.1, -0.05) is 19.1 Å². The second kappa shape index (κ2) is 6.01. The lowest BCUT2D eigenvalue weighted by atomic mass is 9.90. The van der Waals surface area contributed by atoms with Gasteiger partial charge in [0.05, 0.1) is 24.2 Å². The number of hydrogen-bond acceptors (Lipinski definition) is 3. The first-order valence-electron chi connectivity index (χ1n) is 6.65. The molecule has 2 atom stereocenters. The largest absolute Gasteiger partial charge is 0.493 e. The van der Waals surface area contributed by atoms with Crippen molar-refractivity contribution in [1.82, 2.24) is 0 Å². The van der Waals surface area contributed by atoms with Crippen molar-refractivity contribution in [2.45, 2.75) is 32.8 Å². The van der Waals surface area contributed by atoms with Crippen LogP contribution in [0.2, 0.25) is 0 Å². The zero-order valence-corrected chi connectivity index (χ0v) is 11.0. The molecule has 0 aliphatic carbocycles. The zero-order chi connectivity index (χ0) is 13.0. The Bertz CT molecular complexity index is 414. The van der Waals surface area contributed by atoms with E-state index < -0.39 is 0 Å². The zero-order valence-electron chi connectivity index (χ0n) is 11.0. The van der Waals surface area contributed by atoms with Crippen molar-refractivity contribution in [2.24, 2.45) is 5.92 Å². The Morgan fingerprint density at radius 1 is 1.39 bits per heavy atom. The predicted octanol–water partition coefficient (Wildman–Crippen LogP) is 3.08. The van der Waals surface area contributed by atoms with Gasteiger partial charge in [0.1, 0.15) is 5.75 Å². The summed E-state index contributed by atoms with van der Waals surface area (Å²) in [5, 5.41) is 0. The molecule has 0 aromatic heterocycles. The number of carbonyl (C=O) groups excluding carboxylic acids is 1. The van der Waals surface area contributed by atoms with E-state index in [0.29, 0.717) is 24.5 Å². The molecule has 1 fully saturated rings. The number of carbonyl (C=O) groups is 1. The van der Waals surface area contributed by atoms with E-state index in [1.165, 1.54) is 0 Å². The molecule has 1 saturated heterocycles. The van der Waals surface area contributed by atoms with Crippen molar-refractivity contribution in [3.05, 3.63) is 29.8 Å². The van der Waals surface area contributed by atoms with E-state index in [-0.39, 0.29) is 17.8 Å². The van der Waals surface area contributed by atoms with Crippen molar-refractivity contribution in [3.8, 4) is 5.75 Å². The van der Waals surface area contributed by atoms with E-state index in [0.717, 1.165) is 12.8 Å². The van der Waals surface area contributed by atoms with Crippen LogP contribution in [0.5, 0.6) is 5.75 Å². The van der Waals surface area contributed by atoms with Gasteiger partial charge in [0.25, 0.3) is 0 Å². The molecule has 3 heteroatoms. The van der Waals surface area contributed by atoms with Gasteiger partial charge < -0.3 is 9.47 Å². The summed E-state index contributed by atoms with van der Waals surface area (Å²) in [4.78, 5) is 12.6. The van der Waals surface area contributed by atoms with Crippen LogP contribution in [0.25, 0.3) is 0 Å². The normalized spacial score (nSPS) is 23.0. The van der Waals surface area contributed by atoms with Gasteiger partial charge in [-0.15, -0.1) is 0 Å². The third-order valence-corrected chi connectivity index (χ3v) is 3.40. The van der Waals surface area contributed by atoms with Crippen molar-refractivity contribution in [1.29, 1.82) is 0 Å². The molecular formula is C15H20O3. The number of para-hydroxylation sites is 1. The Balaban J connectivity index is 2.22. The summed E-state index contributed by atoms with van der Waals surface area (Å²) in [6.07, 6.45) is 1.76. The number of benzene rings is 1. The SMILES string of the molecule is CCOc1ccccc1C(=O)C1CCOC1CC. The van der Waals surface area contributed by atoms with Crippen LogP contribution in [0.4, 0.5) is 0 Å². The van der Waals surface area contributed by atoms with Crippen LogP contribution < -0.4 is 4.74 Å². The molecule has 0 spiro atoms. The van der Waals surface area contributed by atoms with Crippen molar-refractivity contribution in [2.75, 3.05) is 13.2 Å². The quantitative estimate of drug-likeness (QED) is 0.751. The van der Waals surface area contributed by atoms with Gasteiger partial charge in [-0.25, -0.2) is 0 Å². The minimum atomic E-state index is -0.0170. The van der Waals surface area contributed by atoms with Gasteiger partial charge in [0.2, 0.25) is 0 Å². The van der Waals surface area contributed by atoms with Gasteiger partial charge in [-0.05, 0) is 31.9 Å². The highest BCUT2D eigenvalue weighted by atomic mass is 16.5. The molecule has 1 aromatic carbocycles. The highest BCUT2D eigenvalue weighted by Gasteiger charge is 2.34. The highest BCUT2D eigenvalue weighted by molar-refractivity contribution is 6.00. The van der Waals surface area contributed by atoms with Crippen LogP contribution in [0.1, 0.15) is 37.0 Å². The summed E-state index contributed by atoms with van der Waals surface area (Å²) < 4.78 is 11.1. The first kappa shape index (κ1) is 13.1. The van der Waals surface area contributed by atoms with Crippen molar-refractivity contribution < 1.29 is 14.3 Å². The molecule has 1 heterocycles. The topological polar surface area (TPSA) is 35.5 Å². The maximum Gasteiger partial charge on any atom is 0.172 e. The molecule has 1 aliphatic rings. The Morgan fingerprint density at radius 3 is 2.89 bits per heavy atom. The maximum absolute atomic E-state index is 12.6. The molecule has 3 nitrogen and oxygen atoms in total. The molecule has 0 radical (unpaired) electrons. The monoisotopic (exact) mass is 248 g/mol. The van der Waals surface area contributed by atoms with E-state index >= 15 is 0 Å². The summed E-state index contributed by atoms with van der Waals surface area (Å²) in [6.45, 7) is 5.24. The molecule has 98 valence electrons. The fraction of sp³-hybridized carbons (Fsp3) is 0.533. The van der Waals surface area contributed by atoms with Gasteiger partial charge in [0, 0.05) is 6.61 Å². The van der Waals surface area contributed by atoms with Gasteiger partial charge in [0.15, 0.2) is 5.78 Å². The second-order valence-electron chi connectivity index (χ2n) is 4.51. The number of ketones is 1. The predicted molar refractivity (Wildman–Crippen MR) is 70.1 cm³/mol. The number of ether oxygens (including phenoxy) is 2. The van der Waals surface area contributed by atoms with Crippen LogP contribution in [0.3, 0.4) is 0 Å². The van der Waals surface area contributed by atoms with E-state index in [9.17, 15) is 4.79 Å². The first-order chi connectivity index (χ1) is 8.77. The van der Waals surface area contributed by atoms with Crippen molar-refractivity contribution >= 4 is 5.78 Å². The standard InChI is InChI=1S/C15H20O3/c1-3-13-12(9-10-18-13)15(16)11-7-5-6-8-14(11)17-4-2/h5-8,12-13H,3-4,9-10H2,1-2H3. The van der Waals surface area contributed by atoms with Crippen LogP contribution in [0, 0.1) is 5.92 Å². The third-order valence-electron chi connectivity index (χ3n) is 3.40. The molecule has 2 unspecified atom stereocenters. The molecular weight excluding hydrogens is 228 g/mol. The van der Waals surface area contributed by atoms with Gasteiger partial charge in [-0.3, -0.25) is 4.79 Å². The van der Waals surface area contributed by atoms with Crippen molar-refractivity contribution in [3.63, 3.8) is 0 Å².